The lowest BCUT2D eigenvalue weighted by atomic mass is 9.91. The second-order valence-electron chi connectivity index (χ2n) is 7.92. The van der Waals surface area contributed by atoms with Crippen LogP contribution in [0.3, 0.4) is 0 Å². The maximum absolute atomic E-state index is 8.63. The third kappa shape index (κ3) is 2.80. The van der Waals surface area contributed by atoms with Gasteiger partial charge >= 0.3 is 0 Å². The molecular weight excluding hydrogens is 356 g/mol. The highest BCUT2D eigenvalue weighted by Crippen LogP contribution is 2.42. The smallest absolute Gasteiger partial charge is 0.227 e. The summed E-state index contributed by atoms with van der Waals surface area (Å²) in [5, 5.41) is 4.19. The van der Waals surface area contributed by atoms with Crippen molar-refractivity contribution in [3.05, 3.63) is 72.1 Å². The molecule has 0 saturated carbocycles. The minimum Gasteiger partial charge on any atom is -0.437 e. The number of nitrogens with zero attached hydrogens (tertiary/aromatic N) is 2. The van der Waals surface area contributed by atoms with Gasteiger partial charge in [0, 0.05) is 37.2 Å². The van der Waals surface area contributed by atoms with Gasteiger partial charge in [-0.15, -0.1) is 0 Å². The van der Waals surface area contributed by atoms with Gasteiger partial charge in [0.1, 0.15) is 12.6 Å². The predicted molar refractivity (Wildman–Crippen MR) is 119 cm³/mol. The zero-order valence-corrected chi connectivity index (χ0v) is 17.2. The molecule has 0 aliphatic rings. The molecule has 3 heterocycles. The number of pyridine rings is 2. The predicted octanol–water partition coefficient (Wildman–Crippen LogP) is 6.13. The van der Waals surface area contributed by atoms with E-state index in [1.54, 1.807) is 6.20 Å². The van der Waals surface area contributed by atoms with Crippen LogP contribution in [-0.4, -0.2) is 4.98 Å². The molecule has 0 unspecified atom stereocenters. The van der Waals surface area contributed by atoms with Gasteiger partial charge in [0.05, 0.1) is 5.56 Å². The van der Waals surface area contributed by atoms with Crippen LogP contribution in [0.1, 0.15) is 27.7 Å². The van der Waals surface area contributed by atoms with Crippen LogP contribution in [0.25, 0.3) is 44.1 Å². The van der Waals surface area contributed by atoms with Crippen molar-refractivity contribution in [1.82, 2.24) is 4.98 Å². The Balaban J connectivity index is 1.96. The first-order chi connectivity index (χ1) is 14.8. The van der Waals surface area contributed by atoms with E-state index >= 15 is 0 Å². The number of fused-ring (bicyclic) bond motifs is 5. The summed E-state index contributed by atoms with van der Waals surface area (Å²) in [4.78, 5) is 4.46. The molecule has 29 heavy (non-hydrogen) atoms. The van der Waals surface area contributed by atoms with Crippen molar-refractivity contribution < 1.29 is 11.7 Å². The second kappa shape index (κ2) is 6.70. The molecular formula is C26H25N2O+. The van der Waals surface area contributed by atoms with Gasteiger partial charge in [-0.3, -0.25) is 0 Å². The quantitative estimate of drug-likeness (QED) is 0.351. The Bertz CT molecular complexity index is 1470. The summed E-state index contributed by atoms with van der Waals surface area (Å²) in [7, 11) is 2.01. The van der Waals surface area contributed by atoms with Crippen molar-refractivity contribution in [2.45, 2.75) is 27.1 Å². The summed E-state index contributed by atoms with van der Waals surface area (Å²) >= 11 is 0. The van der Waals surface area contributed by atoms with Crippen molar-refractivity contribution >= 4 is 32.8 Å². The van der Waals surface area contributed by atoms with Crippen molar-refractivity contribution in [3.63, 3.8) is 0 Å². The van der Waals surface area contributed by atoms with E-state index in [1.807, 2.05) is 63.5 Å². The summed E-state index contributed by atoms with van der Waals surface area (Å²) in [5.74, 6) is -0.135. The normalized spacial score (nSPS) is 13.4. The first-order valence-corrected chi connectivity index (χ1v) is 9.99. The Morgan fingerprint density at radius 1 is 1.07 bits per heavy atom. The molecule has 0 atom stereocenters. The Morgan fingerprint density at radius 3 is 2.62 bits per heavy atom. The number of rotatable bonds is 3. The molecule has 0 fully saturated rings. The molecule has 0 radical (unpaired) electrons. The van der Waals surface area contributed by atoms with E-state index in [-0.39, 0.29) is 5.92 Å². The highest BCUT2D eigenvalue weighted by molar-refractivity contribution is 6.21. The number of hydrogen-bond donors (Lipinski definition) is 0. The minimum atomic E-state index is -1.42. The molecule has 0 amide bonds. The zero-order valence-electron chi connectivity index (χ0n) is 19.2. The molecule has 0 aliphatic carbocycles. The van der Waals surface area contributed by atoms with Gasteiger partial charge in [-0.2, -0.15) is 0 Å². The van der Waals surface area contributed by atoms with Gasteiger partial charge in [-0.05, 0) is 47.9 Å². The van der Waals surface area contributed by atoms with Crippen molar-refractivity contribution in [3.8, 4) is 11.3 Å². The number of hydrogen-bond acceptors (Lipinski definition) is 2. The number of aromatic nitrogens is 2. The van der Waals surface area contributed by atoms with Crippen LogP contribution in [0.4, 0.5) is 0 Å². The van der Waals surface area contributed by atoms with E-state index in [0.717, 1.165) is 43.9 Å². The molecule has 3 nitrogen and oxygen atoms in total. The molecule has 5 rings (SSSR count). The summed E-state index contributed by atoms with van der Waals surface area (Å²) < 4.78 is 25.6. The summed E-state index contributed by atoms with van der Waals surface area (Å²) in [6.07, 6.45) is 2.27. The van der Waals surface area contributed by atoms with Crippen LogP contribution in [0.2, 0.25) is 0 Å². The Hall–Kier alpha value is -3.20. The Labute approximate surface area is 173 Å². The minimum absolute atomic E-state index is 0.135. The van der Waals surface area contributed by atoms with E-state index in [2.05, 4.69) is 28.6 Å². The SMILES string of the molecule is [2H]C([2H])(c1cc[n+](C)c(-c2c(C)c3ccccc3c3oc4ncccc4c23)c1)C(C)C. The molecule has 0 spiro atoms. The molecule has 2 aromatic carbocycles. The monoisotopic (exact) mass is 383 g/mol. The van der Waals surface area contributed by atoms with E-state index < -0.39 is 6.37 Å². The van der Waals surface area contributed by atoms with E-state index in [4.69, 9.17) is 7.16 Å². The Morgan fingerprint density at radius 2 is 1.83 bits per heavy atom. The maximum atomic E-state index is 8.63. The Kier molecular flexibility index (Phi) is 3.62. The van der Waals surface area contributed by atoms with Crippen molar-refractivity contribution in [2.24, 2.45) is 13.0 Å². The molecule has 0 N–H and O–H groups in total. The van der Waals surface area contributed by atoms with Crippen LogP contribution < -0.4 is 4.57 Å². The summed E-state index contributed by atoms with van der Waals surface area (Å²) in [5.41, 5.74) is 5.29. The van der Waals surface area contributed by atoms with E-state index in [0.29, 0.717) is 11.3 Å². The van der Waals surface area contributed by atoms with Gasteiger partial charge in [-0.1, -0.05) is 38.1 Å². The zero-order chi connectivity index (χ0) is 21.9. The van der Waals surface area contributed by atoms with Crippen LogP contribution in [0.5, 0.6) is 0 Å². The van der Waals surface area contributed by atoms with Gasteiger partial charge in [0.25, 0.3) is 0 Å². The van der Waals surface area contributed by atoms with Crippen molar-refractivity contribution in [1.29, 1.82) is 0 Å². The second-order valence-corrected chi connectivity index (χ2v) is 7.92. The first-order valence-electron chi connectivity index (χ1n) is 11.0. The molecule has 5 aromatic rings. The van der Waals surface area contributed by atoms with Gasteiger partial charge in [-0.25, -0.2) is 9.55 Å². The first kappa shape index (κ1) is 15.7. The number of benzene rings is 2. The third-order valence-corrected chi connectivity index (χ3v) is 5.53. The van der Waals surface area contributed by atoms with Crippen LogP contribution >= 0.6 is 0 Å². The lowest BCUT2D eigenvalue weighted by molar-refractivity contribution is -0.660. The average Bonchev–Trinajstić information content (AvgIpc) is 3.14. The van der Waals surface area contributed by atoms with Crippen molar-refractivity contribution in [2.75, 3.05) is 0 Å². The van der Waals surface area contributed by atoms with E-state index in [9.17, 15) is 0 Å². The maximum Gasteiger partial charge on any atom is 0.227 e. The van der Waals surface area contributed by atoms with Crippen LogP contribution in [0.15, 0.2) is 65.3 Å². The fraction of sp³-hybridized carbons (Fsp3) is 0.231. The molecule has 3 aromatic heterocycles. The topological polar surface area (TPSA) is 29.9 Å². The van der Waals surface area contributed by atoms with E-state index in [1.165, 1.54) is 0 Å². The number of furan rings is 1. The van der Waals surface area contributed by atoms with Crippen LogP contribution in [0, 0.1) is 12.8 Å². The highest BCUT2D eigenvalue weighted by Gasteiger charge is 2.24. The molecule has 0 aliphatic heterocycles. The lowest BCUT2D eigenvalue weighted by Crippen LogP contribution is -2.31. The fourth-order valence-corrected chi connectivity index (χ4v) is 4.26. The lowest BCUT2D eigenvalue weighted by Gasteiger charge is -2.12. The fourth-order valence-electron chi connectivity index (χ4n) is 4.26. The van der Waals surface area contributed by atoms with Gasteiger partial charge < -0.3 is 4.42 Å². The van der Waals surface area contributed by atoms with Crippen LogP contribution in [-0.2, 0) is 13.4 Å². The third-order valence-electron chi connectivity index (χ3n) is 5.53. The average molecular weight is 384 g/mol. The summed E-state index contributed by atoms with van der Waals surface area (Å²) in [6.45, 7) is 5.97. The number of aryl methyl sites for hydroxylation is 2. The molecule has 144 valence electrons. The summed E-state index contributed by atoms with van der Waals surface area (Å²) in [6, 6.07) is 16.1. The highest BCUT2D eigenvalue weighted by atomic mass is 16.3. The molecule has 0 saturated heterocycles. The van der Waals surface area contributed by atoms with Gasteiger partial charge in [0.15, 0.2) is 6.20 Å². The molecule has 3 heteroatoms. The molecule has 0 bridgehead atoms. The standard InChI is InChI=1S/C26H25N2O/c1-16(2)14-18-11-13-28(4)22(15-18)23-17(3)19-8-5-6-9-20(19)25-24(23)21-10-7-12-27-26(21)29-25/h5-13,15-16H,14H2,1-4H3/q+1/i14D2. The largest absolute Gasteiger partial charge is 0.437 e. The van der Waals surface area contributed by atoms with Gasteiger partial charge in [0.2, 0.25) is 11.4 Å².